The predicted molar refractivity (Wildman–Crippen MR) is 96.7 cm³/mol. The van der Waals surface area contributed by atoms with E-state index in [0.29, 0.717) is 17.5 Å². The molecule has 0 saturated heterocycles. The van der Waals surface area contributed by atoms with E-state index in [9.17, 15) is 4.79 Å². The van der Waals surface area contributed by atoms with E-state index < -0.39 is 0 Å². The summed E-state index contributed by atoms with van der Waals surface area (Å²) < 4.78 is 8.31. The number of carbonyl (C=O) groups is 1. The van der Waals surface area contributed by atoms with Crippen molar-refractivity contribution in [2.75, 3.05) is 6.61 Å². The highest BCUT2D eigenvalue weighted by Crippen LogP contribution is 2.38. The van der Waals surface area contributed by atoms with Gasteiger partial charge in [-0.3, -0.25) is 0 Å². The number of hydrogen-bond acceptors (Lipinski definition) is 2. The first-order valence-electron chi connectivity index (χ1n) is 7.01. The summed E-state index contributed by atoms with van der Waals surface area (Å²) in [6.07, 6.45) is 0. The van der Waals surface area contributed by atoms with E-state index in [1.807, 2.05) is 36.7 Å². The van der Waals surface area contributed by atoms with Gasteiger partial charge in [0.1, 0.15) is 0 Å². The Morgan fingerprint density at radius 2 is 2.05 bits per heavy atom. The molecule has 114 valence electrons. The Morgan fingerprint density at radius 1 is 1.32 bits per heavy atom. The van der Waals surface area contributed by atoms with Gasteiger partial charge in [0.25, 0.3) is 0 Å². The largest absolute Gasteiger partial charge is 0.462 e. The molecule has 0 spiro atoms. The lowest BCUT2D eigenvalue weighted by Gasteiger charge is -2.06. The number of esters is 1. The van der Waals surface area contributed by atoms with Gasteiger partial charge in [-0.15, -0.1) is 0 Å². The van der Waals surface area contributed by atoms with Crippen molar-refractivity contribution in [2.24, 2.45) is 7.05 Å². The van der Waals surface area contributed by atoms with Crippen LogP contribution >= 0.6 is 31.9 Å². The first kappa shape index (κ1) is 15.6. The SMILES string of the molecule is CCOC(=O)c1c(CBr)n(C)c2c(Br)cc3ccccc3c12. The fraction of sp³-hybridized carbons (Fsp3) is 0.235. The molecule has 0 amide bonds. The summed E-state index contributed by atoms with van der Waals surface area (Å²) in [6.45, 7) is 2.19. The van der Waals surface area contributed by atoms with Crippen LogP contribution in [-0.2, 0) is 17.1 Å². The number of alkyl halides is 1. The maximum Gasteiger partial charge on any atom is 0.340 e. The van der Waals surface area contributed by atoms with Crippen molar-refractivity contribution in [3.05, 3.63) is 46.1 Å². The van der Waals surface area contributed by atoms with E-state index in [1.165, 1.54) is 0 Å². The number of aryl methyl sites for hydroxylation is 1. The summed E-state index contributed by atoms with van der Waals surface area (Å²) in [5, 5.41) is 3.69. The zero-order valence-corrected chi connectivity index (χ0v) is 15.5. The van der Waals surface area contributed by atoms with E-state index in [4.69, 9.17) is 4.74 Å². The van der Waals surface area contributed by atoms with Crippen LogP contribution in [-0.4, -0.2) is 17.1 Å². The van der Waals surface area contributed by atoms with Crippen LogP contribution in [0.2, 0.25) is 0 Å². The highest BCUT2D eigenvalue weighted by atomic mass is 79.9. The molecule has 0 radical (unpaired) electrons. The lowest BCUT2D eigenvalue weighted by Crippen LogP contribution is -2.07. The molecular weight excluding hydrogens is 410 g/mol. The van der Waals surface area contributed by atoms with Crippen LogP contribution in [0, 0.1) is 0 Å². The van der Waals surface area contributed by atoms with Crippen LogP contribution < -0.4 is 0 Å². The van der Waals surface area contributed by atoms with Gasteiger partial charge in [0, 0.05) is 27.9 Å². The second-order valence-electron chi connectivity index (χ2n) is 5.04. The minimum Gasteiger partial charge on any atom is -0.462 e. The standard InChI is InChI=1S/C17H15Br2NO2/c1-3-22-17(21)15-13(9-18)20(2)16-12(19)8-10-6-4-5-7-11(10)14(15)16/h4-8H,3,9H2,1-2H3. The molecule has 3 aromatic rings. The van der Waals surface area contributed by atoms with Gasteiger partial charge in [-0.1, -0.05) is 40.2 Å². The van der Waals surface area contributed by atoms with Crippen molar-refractivity contribution < 1.29 is 9.53 Å². The molecule has 0 unspecified atom stereocenters. The quantitative estimate of drug-likeness (QED) is 0.429. The van der Waals surface area contributed by atoms with Gasteiger partial charge in [0.05, 0.1) is 17.7 Å². The topological polar surface area (TPSA) is 31.2 Å². The van der Waals surface area contributed by atoms with Crippen LogP contribution in [0.4, 0.5) is 0 Å². The molecule has 0 atom stereocenters. The zero-order valence-electron chi connectivity index (χ0n) is 12.3. The van der Waals surface area contributed by atoms with Crippen molar-refractivity contribution in [3.8, 4) is 0 Å². The van der Waals surface area contributed by atoms with E-state index >= 15 is 0 Å². The summed E-state index contributed by atoms with van der Waals surface area (Å²) in [6, 6.07) is 10.2. The number of ether oxygens (including phenoxy) is 1. The fourth-order valence-electron chi connectivity index (χ4n) is 2.91. The van der Waals surface area contributed by atoms with Gasteiger partial charge >= 0.3 is 5.97 Å². The van der Waals surface area contributed by atoms with Gasteiger partial charge in [-0.2, -0.15) is 0 Å². The molecule has 1 aromatic heterocycles. The monoisotopic (exact) mass is 423 g/mol. The maximum atomic E-state index is 12.5. The number of rotatable bonds is 3. The van der Waals surface area contributed by atoms with Gasteiger partial charge in [0.15, 0.2) is 0 Å². The Balaban J connectivity index is 2.53. The summed E-state index contributed by atoms with van der Waals surface area (Å²) in [4.78, 5) is 12.5. The number of aromatic nitrogens is 1. The molecule has 3 rings (SSSR count). The van der Waals surface area contributed by atoms with Gasteiger partial charge in [-0.05, 0) is 39.7 Å². The third-order valence-electron chi connectivity index (χ3n) is 3.86. The van der Waals surface area contributed by atoms with Crippen LogP contribution in [0.5, 0.6) is 0 Å². The number of halogens is 2. The van der Waals surface area contributed by atoms with Crippen LogP contribution in [0.1, 0.15) is 23.0 Å². The second kappa shape index (κ2) is 6.05. The minimum atomic E-state index is -0.272. The summed E-state index contributed by atoms with van der Waals surface area (Å²) in [7, 11) is 1.97. The Hall–Kier alpha value is -1.33. The summed E-state index contributed by atoms with van der Waals surface area (Å²) in [5.74, 6) is -0.272. The van der Waals surface area contributed by atoms with Gasteiger partial charge in [0.2, 0.25) is 0 Å². The number of carbonyl (C=O) groups excluding carboxylic acids is 1. The lowest BCUT2D eigenvalue weighted by molar-refractivity contribution is 0.0527. The van der Waals surface area contributed by atoms with Crippen LogP contribution in [0.15, 0.2) is 34.8 Å². The molecule has 2 aromatic carbocycles. The molecule has 1 heterocycles. The third-order valence-corrected chi connectivity index (χ3v) is 5.00. The molecular formula is C17H15Br2NO2. The molecule has 5 heteroatoms. The highest BCUT2D eigenvalue weighted by Gasteiger charge is 2.24. The average molecular weight is 425 g/mol. The molecule has 0 aliphatic heterocycles. The number of fused-ring (bicyclic) bond motifs is 3. The van der Waals surface area contributed by atoms with Gasteiger partial charge < -0.3 is 9.30 Å². The maximum absolute atomic E-state index is 12.5. The van der Waals surface area contributed by atoms with Crippen molar-refractivity contribution in [1.82, 2.24) is 4.57 Å². The van der Waals surface area contributed by atoms with Gasteiger partial charge in [-0.25, -0.2) is 4.79 Å². The van der Waals surface area contributed by atoms with Crippen LogP contribution in [0.3, 0.4) is 0 Å². The molecule has 0 N–H and O–H groups in total. The normalized spacial score (nSPS) is 11.3. The third kappa shape index (κ3) is 2.27. The first-order chi connectivity index (χ1) is 10.6. The van der Waals surface area contributed by atoms with Crippen molar-refractivity contribution in [1.29, 1.82) is 0 Å². The Kier molecular flexibility index (Phi) is 4.28. The van der Waals surface area contributed by atoms with Crippen molar-refractivity contribution in [2.45, 2.75) is 12.3 Å². The molecule has 22 heavy (non-hydrogen) atoms. The summed E-state index contributed by atoms with van der Waals surface area (Å²) >= 11 is 7.15. The molecule has 0 fully saturated rings. The Morgan fingerprint density at radius 3 is 2.73 bits per heavy atom. The minimum absolute atomic E-state index is 0.272. The van der Waals surface area contributed by atoms with E-state index in [1.54, 1.807) is 0 Å². The van der Waals surface area contributed by atoms with Crippen molar-refractivity contribution >= 4 is 59.5 Å². The predicted octanol–water partition coefficient (Wildman–Crippen LogP) is 5.17. The highest BCUT2D eigenvalue weighted by molar-refractivity contribution is 9.10. The molecule has 0 aliphatic rings. The van der Waals surface area contributed by atoms with E-state index in [-0.39, 0.29) is 5.97 Å². The Labute approximate surface area is 145 Å². The second-order valence-corrected chi connectivity index (χ2v) is 6.45. The van der Waals surface area contributed by atoms with E-state index in [2.05, 4.69) is 44.0 Å². The number of hydrogen-bond donors (Lipinski definition) is 0. The molecule has 3 nitrogen and oxygen atoms in total. The Bertz CT molecular complexity index is 883. The van der Waals surface area contributed by atoms with Crippen molar-refractivity contribution in [3.63, 3.8) is 0 Å². The van der Waals surface area contributed by atoms with E-state index in [0.717, 1.165) is 31.8 Å². The molecule has 0 bridgehead atoms. The number of nitrogens with zero attached hydrogens (tertiary/aromatic N) is 1. The zero-order chi connectivity index (χ0) is 15.9. The fourth-order valence-corrected chi connectivity index (χ4v) is 4.28. The average Bonchev–Trinajstić information content (AvgIpc) is 2.81. The molecule has 0 saturated carbocycles. The van der Waals surface area contributed by atoms with Crippen LogP contribution in [0.25, 0.3) is 21.7 Å². The lowest BCUT2D eigenvalue weighted by atomic mass is 10.0. The number of benzene rings is 2. The smallest absolute Gasteiger partial charge is 0.340 e. The summed E-state index contributed by atoms with van der Waals surface area (Å²) in [5.41, 5.74) is 2.58. The first-order valence-corrected chi connectivity index (χ1v) is 8.93. The molecule has 0 aliphatic carbocycles.